The molecule has 0 amide bonds. The van der Waals surface area contributed by atoms with Crippen LogP contribution in [0.15, 0.2) is 35.4 Å². The van der Waals surface area contributed by atoms with Gasteiger partial charge in [-0.25, -0.2) is 0 Å². The standard InChI is InChI=1S/C14H13NO2S/c1-9-2-3-11-10(8-9)12(4-7-15-11)18-14(5-6-14)13(16)17/h2-4,7-8H,5-6H2,1H3,(H,16,17). The number of hydrogen-bond acceptors (Lipinski definition) is 3. The molecule has 0 bridgehead atoms. The van der Waals surface area contributed by atoms with Crippen LogP contribution < -0.4 is 0 Å². The van der Waals surface area contributed by atoms with E-state index in [9.17, 15) is 9.90 Å². The Kier molecular flexibility index (Phi) is 2.55. The Labute approximate surface area is 109 Å². The van der Waals surface area contributed by atoms with Crippen molar-refractivity contribution >= 4 is 28.6 Å². The number of carboxylic acid groups (broad SMARTS) is 1. The average molecular weight is 259 g/mol. The summed E-state index contributed by atoms with van der Waals surface area (Å²) in [5.74, 6) is -0.704. The van der Waals surface area contributed by atoms with Crippen molar-refractivity contribution < 1.29 is 9.90 Å². The Balaban J connectivity index is 2.07. The molecule has 1 heterocycles. The van der Waals surface area contributed by atoms with Crippen molar-refractivity contribution in [2.24, 2.45) is 0 Å². The van der Waals surface area contributed by atoms with Crippen LogP contribution in [0.5, 0.6) is 0 Å². The Morgan fingerprint density at radius 2 is 2.17 bits per heavy atom. The summed E-state index contributed by atoms with van der Waals surface area (Å²) >= 11 is 1.46. The third-order valence-electron chi connectivity index (χ3n) is 3.26. The van der Waals surface area contributed by atoms with Crippen molar-refractivity contribution in [2.75, 3.05) is 0 Å². The van der Waals surface area contributed by atoms with Gasteiger partial charge in [0.25, 0.3) is 0 Å². The monoisotopic (exact) mass is 259 g/mol. The van der Waals surface area contributed by atoms with Gasteiger partial charge < -0.3 is 5.11 Å². The molecule has 0 aliphatic heterocycles. The molecule has 0 unspecified atom stereocenters. The fraction of sp³-hybridized carbons (Fsp3) is 0.286. The van der Waals surface area contributed by atoms with Gasteiger partial charge >= 0.3 is 5.97 Å². The zero-order valence-electron chi connectivity index (χ0n) is 10.0. The summed E-state index contributed by atoms with van der Waals surface area (Å²) in [4.78, 5) is 16.6. The van der Waals surface area contributed by atoms with Gasteiger partial charge in [0.15, 0.2) is 0 Å². The maximum Gasteiger partial charge on any atom is 0.320 e. The smallest absolute Gasteiger partial charge is 0.320 e. The lowest BCUT2D eigenvalue weighted by Crippen LogP contribution is -2.17. The molecule has 0 spiro atoms. The van der Waals surface area contributed by atoms with Gasteiger partial charge in [0.2, 0.25) is 0 Å². The predicted octanol–water partition coefficient (Wildman–Crippen LogP) is 3.25. The molecule has 3 nitrogen and oxygen atoms in total. The molecular formula is C14H13NO2S. The van der Waals surface area contributed by atoms with Crippen LogP contribution in [0.1, 0.15) is 18.4 Å². The van der Waals surface area contributed by atoms with E-state index in [1.54, 1.807) is 6.20 Å². The highest BCUT2D eigenvalue weighted by atomic mass is 32.2. The van der Waals surface area contributed by atoms with Gasteiger partial charge in [-0.2, -0.15) is 0 Å². The Bertz CT molecular complexity index is 635. The van der Waals surface area contributed by atoms with Gasteiger partial charge in [0.05, 0.1) is 5.52 Å². The van der Waals surface area contributed by atoms with Gasteiger partial charge in [0, 0.05) is 16.5 Å². The molecule has 1 aliphatic carbocycles. The van der Waals surface area contributed by atoms with Gasteiger partial charge in [-0.3, -0.25) is 9.78 Å². The summed E-state index contributed by atoms with van der Waals surface area (Å²) in [6, 6.07) is 7.99. The minimum Gasteiger partial charge on any atom is -0.480 e. The number of rotatable bonds is 3. The van der Waals surface area contributed by atoms with Crippen LogP contribution in [-0.4, -0.2) is 20.8 Å². The maximum absolute atomic E-state index is 11.3. The number of nitrogens with zero attached hydrogens (tertiary/aromatic N) is 1. The first-order valence-electron chi connectivity index (χ1n) is 5.88. The normalized spacial score (nSPS) is 16.7. The van der Waals surface area contributed by atoms with Crippen LogP contribution in [0.25, 0.3) is 10.9 Å². The second-order valence-corrected chi connectivity index (χ2v) is 6.16. The highest BCUT2D eigenvalue weighted by Gasteiger charge is 2.51. The zero-order valence-corrected chi connectivity index (χ0v) is 10.8. The number of fused-ring (bicyclic) bond motifs is 1. The SMILES string of the molecule is Cc1ccc2nccc(SC3(C(=O)O)CC3)c2c1. The van der Waals surface area contributed by atoms with E-state index < -0.39 is 10.7 Å². The summed E-state index contributed by atoms with van der Waals surface area (Å²) in [6.07, 6.45) is 3.25. The third kappa shape index (κ3) is 1.86. The van der Waals surface area contributed by atoms with Gasteiger partial charge in [-0.15, -0.1) is 11.8 Å². The van der Waals surface area contributed by atoms with E-state index >= 15 is 0 Å². The van der Waals surface area contributed by atoms with E-state index in [1.165, 1.54) is 11.8 Å². The second-order valence-electron chi connectivity index (χ2n) is 4.73. The molecule has 1 aromatic carbocycles. The summed E-state index contributed by atoms with van der Waals surface area (Å²) in [7, 11) is 0. The van der Waals surface area contributed by atoms with Crippen molar-refractivity contribution in [3.05, 3.63) is 36.0 Å². The molecule has 1 N–H and O–H groups in total. The van der Waals surface area contributed by atoms with Crippen LogP contribution in [0, 0.1) is 6.92 Å². The molecule has 2 aromatic rings. The first kappa shape index (κ1) is 11.5. The molecule has 1 aromatic heterocycles. The van der Waals surface area contributed by atoms with Crippen molar-refractivity contribution in [1.82, 2.24) is 4.98 Å². The van der Waals surface area contributed by atoms with E-state index in [1.807, 2.05) is 25.1 Å². The molecule has 3 rings (SSSR count). The van der Waals surface area contributed by atoms with E-state index in [0.29, 0.717) is 0 Å². The summed E-state index contributed by atoms with van der Waals surface area (Å²) in [6.45, 7) is 2.03. The number of carboxylic acids is 1. The number of pyridine rings is 1. The van der Waals surface area contributed by atoms with Crippen molar-refractivity contribution in [2.45, 2.75) is 29.4 Å². The van der Waals surface area contributed by atoms with Crippen LogP contribution >= 0.6 is 11.8 Å². The first-order valence-corrected chi connectivity index (χ1v) is 6.70. The number of carbonyl (C=O) groups is 1. The number of benzene rings is 1. The number of aryl methyl sites for hydroxylation is 1. The van der Waals surface area contributed by atoms with Gasteiger partial charge in [0.1, 0.15) is 4.75 Å². The van der Waals surface area contributed by atoms with Crippen molar-refractivity contribution in [3.63, 3.8) is 0 Å². The molecule has 18 heavy (non-hydrogen) atoms. The fourth-order valence-corrected chi connectivity index (χ4v) is 3.22. The molecule has 1 aliphatic rings. The van der Waals surface area contributed by atoms with Gasteiger partial charge in [-0.05, 0) is 38.0 Å². The van der Waals surface area contributed by atoms with Crippen LogP contribution in [0.4, 0.5) is 0 Å². The molecule has 92 valence electrons. The lowest BCUT2D eigenvalue weighted by Gasteiger charge is -2.11. The maximum atomic E-state index is 11.3. The van der Waals surface area contributed by atoms with Crippen molar-refractivity contribution in [3.8, 4) is 0 Å². The van der Waals surface area contributed by atoms with E-state index in [2.05, 4.69) is 11.1 Å². The molecule has 0 atom stereocenters. The highest BCUT2D eigenvalue weighted by molar-refractivity contribution is 8.02. The number of thioether (sulfide) groups is 1. The molecule has 0 radical (unpaired) electrons. The molecule has 0 saturated heterocycles. The van der Waals surface area contributed by atoms with Crippen LogP contribution in [-0.2, 0) is 4.79 Å². The Morgan fingerprint density at radius 3 is 2.83 bits per heavy atom. The Morgan fingerprint density at radius 1 is 1.39 bits per heavy atom. The number of hydrogen-bond donors (Lipinski definition) is 1. The van der Waals surface area contributed by atoms with Crippen LogP contribution in [0.3, 0.4) is 0 Å². The second kappa shape index (κ2) is 3.99. The number of aromatic nitrogens is 1. The first-order chi connectivity index (χ1) is 8.61. The van der Waals surface area contributed by atoms with Crippen molar-refractivity contribution in [1.29, 1.82) is 0 Å². The van der Waals surface area contributed by atoms with Crippen LogP contribution in [0.2, 0.25) is 0 Å². The number of aliphatic carboxylic acids is 1. The lowest BCUT2D eigenvalue weighted by atomic mass is 10.1. The average Bonchev–Trinajstić information content (AvgIpc) is 3.11. The fourth-order valence-electron chi connectivity index (χ4n) is 2.01. The quantitative estimate of drug-likeness (QED) is 0.919. The molecule has 4 heteroatoms. The third-order valence-corrected chi connectivity index (χ3v) is 4.81. The van der Waals surface area contributed by atoms with E-state index in [4.69, 9.17) is 0 Å². The summed E-state index contributed by atoms with van der Waals surface area (Å²) in [5, 5.41) is 10.3. The largest absolute Gasteiger partial charge is 0.480 e. The minimum absolute atomic E-state index is 0.599. The van der Waals surface area contributed by atoms with E-state index in [0.717, 1.165) is 34.2 Å². The lowest BCUT2D eigenvalue weighted by molar-refractivity contribution is -0.137. The van der Waals surface area contributed by atoms with Gasteiger partial charge in [-0.1, -0.05) is 11.6 Å². The van der Waals surface area contributed by atoms with E-state index in [-0.39, 0.29) is 0 Å². The zero-order chi connectivity index (χ0) is 12.8. The topological polar surface area (TPSA) is 50.2 Å². The Hall–Kier alpha value is -1.55. The molecular weight excluding hydrogens is 246 g/mol. The summed E-state index contributed by atoms with van der Waals surface area (Å²) in [5.41, 5.74) is 2.09. The summed E-state index contributed by atoms with van der Waals surface area (Å²) < 4.78 is -0.599. The predicted molar refractivity (Wildman–Crippen MR) is 71.9 cm³/mol. The molecule has 1 fully saturated rings. The highest BCUT2D eigenvalue weighted by Crippen LogP contribution is 2.52. The minimum atomic E-state index is -0.704. The molecule has 1 saturated carbocycles.